The highest BCUT2D eigenvalue weighted by atomic mass is 32.2. The van der Waals surface area contributed by atoms with Crippen LogP contribution >= 0.6 is 11.8 Å². The van der Waals surface area contributed by atoms with Crippen molar-refractivity contribution in [2.45, 2.75) is 56.4 Å². The van der Waals surface area contributed by atoms with E-state index in [1.165, 1.54) is 35.2 Å². The van der Waals surface area contributed by atoms with Crippen molar-refractivity contribution in [3.8, 4) is 0 Å². The summed E-state index contributed by atoms with van der Waals surface area (Å²) in [5, 5.41) is 3.61. The van der Waals surface area contributed by atoms with Gasteiger partial charge in [-0.3, -0.25) is 14.6 Å². The van der Waals surface area contributed by atoms with Gasteiger partial charge in [-0.25, -0.2) is 14.3 Å². The topological polar surface area (TPSA) is 74.1 Å². The number of amidine groups is 2. The lowest BCUT2D eigenvalue weighted by Crippen LogP contribution is -2.43. The number of aliphatic imine (C=N–C) groups is 2. The van der Waals surface area contributed by atoms with Gasteiger partial charge in [0.2, 0.25) is 5.91 Å². The third kappa shape index (κ3) is 4.71. The molecule has 2 heterocycles. The average Bonchev–Trinajstić information content (AvgIpc) is 3.15. The van der Waals surface area contributed by atoms with Crippen LogP contribution in [0.1, 0.15) is 49.7 Å². The maximum atomic E-state index is 13.3. The predicted molar refractivity (Wildman–Crippen MR) is 128 cm³/mol. The number of halogens is 1. The third-order valence-corrected chi connectivity index (χ3v) is 7.19. The molecular weight excluding hydrogens is 439 g/mol. The Morgan fingerprint density at radius 2 is 1.85 bits per heavy atom. The Morgan fingerprint density at radius 3 is 2.64 bits per heavy atom. The first-order valence-electron chi connectivity index (χ1n) is 11.3. The summed E-state index contributed by atoms with van der Waals surface area (Å²) in [5.41, 5.74) is 2.46. The molecule has 5 rings (SSSR count). The standard InChI is InChI=1S/C25H25FN4O2S/c26-17-12-10-16(11-13-17)15-33-25-29-20-9-5-4-8-19(20)23-28-21(24(32)30(23)25)14-22(31)27-18-6-2-1-3-7-18/h4-5,8-13,18,21H,1-3,6-7,14-15H2,(H,27,31)/t21-/m0/s1. The first-order valence-corrected chi connectivity index (χ1v) is 12.3. The smallest absolute Gasteiger partial charge is 0.259 e. The summed E-state index contributed by atoms with van der Waals surface area (Å²) in [5.74, 6) is 0.429. The molecule has 1 N–H and O–H groups in total. The number of amides is 2. The van der Waals surface area contributed by atoms with E-state index in [2.05, 4.69) is 10.3 Å². The van der Waals surface area contributed by atoms with E-state index < -0.39 is 6.04 Å². The van der Waals surface area contributed by atoms with Crippen molar-refractivity contribution in [1.82, 2.24) is 10.2 Å². The van der Waals surface area contributed by atoms with Crippen LogP contribution in [0.3, 0.4) is 0 Å². The van der Waals surface area contributed by atoms with Gasteiger partial charge in [-0.1, -0.05) is 55.3 Å². The molecule has 33 heavy (non-hydrogen) atoms. The largest absolute Gasteiger partial charge is 0.353 e. The zero-order chi connectivity index (χ0) is 22.8. The van der Waals surface area contributed by atoms with Gasteiger partial charge < -0.3 is 5.32 Å². The SMILES string of the molecule is O=C(C[C@@H]1N=C2c3ccccc3N=C(SCc3ccc(F)cc3)N2C1=O)NC1CCCCC1. The molecule has 0 spiro atoms. The fourth-order valence-electron chi connectivity index (χ4n) is 4.47. The summed E-state index contributed by atoms with van der Waals surface area (Å²) in [6, 6.07) is 13.3. The molecule has 2 aromatic rings. The number of benzene rings is 2. The molecule has 1 fully saturated rings. The minimum absolute atomic E-state index is 0.0351. The summed E-state index contributed by atoms with van der Waals surface area (Å²) in [6.45, 7) is 0. The monoisotopic (exact) mass is 464 g/mol. The molecule has 1 atom stereocenters. The number of hydrogen-bond acceptors (Lipinski definition) is 5. The number of carbonyl (C=O) groups excluding carboxylic acids is 2. The molecule has 0 saturated heterocycles. The molecule has 6 nitrogen and oxygen atoms in total. The van der Waals surface area contributed by atoms with Gasteiger partial charge >= 0.3 is 0 Å². The molecule has 1 saturated carbocycles. The molecule has 1 aliphatic carbocycles. The lowest BCUT2D eigenvalue weighted by atomic mass is 9.95. The Balaban J connectivity index is 1.34. The third-order valence-electron chi connectivity index (χ3n) is 6.18. The van der Waals surface area contributed by atoms with Crippen molar-refractivity contribution in [3.63, 3.8) is 0 Å². The van der Waals surface area contributed by atoms with E-state index in [0.717, 1.165) is 42.5 Å². The second-order valence-corrected chi connectivity index (χ2v) is 9.52. The molecule has 2 aromatic carbocycles. The van der Waals surface area contributed by atoms with Crippen LogP contribution in [0.4, 0.5) is 10.1 Å². The van der Waals surface area contributed by atoms with Gasteiger partial charge in [-0.15, -0.1) is 0 Å². The Morgan fingerprint density at radius 1 is 1.09 bits per heavy atom. The maximum absolute atomic E-state index is 13.3. The second kappa shape index (κ2) is 9.47. The molecule has 0 bridgehead atoms. The van der Waals surface area contributed by atoms with E-state index in [1.807, 2.05) is 24.3 Å². The highest BCUT2D eigenvalue weighted by Gasteiger charge is 2.42. The first kappa shape index (κ1) is 21.8. The number of thioether (sulfide) groups is 1. The molecule has 0 unspecified atom stereocenters. The van der Waals surface area contributed by atoms with Gasteiger partial charge in [0.1, 0.15) is 17.7 Å². The lowest BCUT2D eigenvalue weighted by molar-refractivity contribution is -0.129. The van der Waals surface area contributed by atoms with Gasteiger partial charge in [0.25, 0.3) is 5.91 Å². The molecular formula is C25H25FN4O2S. The second-order valence-electron chi connectivity index (χ2n) is 8.58. The van der Waals surface area contributed by atoms with E-state index >= 15 is 0 Å². The summed E-state index contributed by atoms with van der Waals surface area (Å²) >= 11 is 1.40. The summed E-state index contributed by atoms with van der Waals surface area (Å²) in [4.78, 5) is 36.9. The number of fused-ring (bicyclic) bond motifs is 3. The Hall–Kier alpha value is -3.00. The number of carbonyl (C=O) groups is 2. The Bertz CT molecular complexity index is 1130. The summed E-state index contributed by atoms with van der Waals surface area (Å²) < 4.78 is 13.2. The number of nitrogens with one attached hydrogen (secondary N) is 1. The first-order chi connectivity index (χ1) is 16.1. The summed E-state index contributed by atoms with van der Waals surface area (Å²) in [6.07, 6.45) is 5.50. The molecule has 170 valence electrons. The van der Waals surface area contributed by atoms with Crippen LogP contribution in [0.25, 0.3) is 0 Å². The normalized spacial score (nSPS) is 20.1. The van der Waals surface area contributed by atoms with Crippen LogP contribution in [0, 0.1) is 5.82 Å². The van der Waals surface area contributed by atoms with Crippen molar-refractivity contribution < 1.29 is 14.0 Å². The molecule has 3 aliphatic rings. The minimum atomic E-state index is -0.758. The zero-order valence-corrected chi connectivity index (χ0v) is 19.0. The molecule has 0 radical (unpaired) electrons. The number of hydrogen-bond donors (Lipinski definition) is 1. The molecule has 0 aromatic heterocycles. The van der Waals surface area contributed by atoms with Crippen molar-refractivity contribution >= 4 is 40.3 Å². The average molecular weight is 465 g/mol. The highest BCUT2D eigenvalue weighted by Crippen LogP contribution is 2.35. The van der Waals surface area contributed by atoms with Crippen LogP contribution in [0.15, 0.2) is 58.5 Å². The van der Waals surface area contributed by atoms with Gasteiger partial charge in [0.15, 0.2) is 5.17 Å². The number of nitrogens with zero attached hydrogens (tertiary/aromatic N) is 3. The van der Waals surface area contributed by atoms with Crippen LogP contribution in [0.5, 0.6) is 0 Å². The van der Waals surface area contributed by atoms with Gasteiger partial charge in [0, 0.05) is 17.4 Å². The van der Waals surface area contributed by atoms with Crippen LogP contribution in [0.2, 0.25) is 0 Å². The fourth-order valence-corrected chi connectivity index (χ4v) is 5.43. The van der Waals surface area contributed by atoms with E-state index in [-0.39, 0.29) is 30.1 Å². The number of rotatable bonds is 5. The van der Waals surface area contributed by atoms with Gasteiger partial charge in [-0.05, 0) is 42.7 Å². The Labute approximate surface area is 196 Å². The van der Waals surface area contributed by atoms with E-state index in [9.17, 15) is 14.0 Å². The quantitative estimate of drug-likeness (QED) is 0.705. The van der Waals surface area contributed by atoms with Crippen molar-refractivity contribution in [1.29, 1.82) is 0 Å². The van der Waals surface area contributed by atoms with Crippen molar-refractivity contribution in [3.05, 3.63) is 65.5 Å². The predicted octanol–water partition coefficient (Wildman–Crippen LogP) is 4.56. The zero-order valence-electron chi connectivity index (χ0n) is 18.2. The van der Waals surface area contributed by atoms with Crippen LogP contribution in [-0.4, -0.2) is 39.8 Å². The highest BCUT2D eigenvalue weighted by molar-refractivity contribution is 8.13. The van der Waals surface area contributed by atoms with E-state index in [1.54, 1.807) is 12.1 Å². The molecule has 8 heteroatoms. The lowest BCUT2D eigenvalue weighted by Gasteiger charge is -2.25. The van der Waals surface area contributed by atoms with Crippen molar-refractivity contribution in [2.75, 3.05) is 0 Å². The van der Waals surface area contributed by atoms with E-state index in [4.69, 9.17) is 4.99 Å². The number of para-hydroxylation sites is 1. The molecule has 2 amide bonds. The van der Waals surface area contributed by atoms with Gasteiger partial charge in [-0.2, -0.15) is 0 Å². The minimum Gasteiger partial charge on any atom is -0.353 e. The van der Waals surface area contributed by atoms with Gasteiger partial charge in [0.05, 0.1) is 12.1 Å². The van der Waals surface area contributed by atoms with Crippen LogP contribution < -0.4 is 5.32 Å². The fraction of sp³-hybridized carbons (Fsp3) is 0.360. The Kier molecular flexibility index (Phi) is 6.26. The summed E-state index contributed by atoms with van der Waals surface area (Å²) in [7, 11) is 0. The van der Waals surface area contributed by atoms with Crippen LogP contribution in [-0.2, 0) is 15.3 Å². The van der Waals surface area contributed by atoms with Crippen molar-refractivity contribution in [2.24, 2.45) is 9.98 Å². The maximum Gasteiger partial charge on any atom is 0.259 e. The molecule has 2 aliphatic heterocycles. The van der Waals surface area contributed by atoms with E-state index in [0.29, 0.717) is 16.8 Å².